The van der Waals surface area contributed by atoms with Gasteiger partial charge in [0.15, 0.2) is 0 Å². The van der Waals surface area contributed by atoms with Gasteiger partial charge >= 0.3 is 0 Å². The summed E-state index contributed by atoms with van der Waals surface area (Å²) >= 11 is 0. The van der Waals surface area contributed by atoms with Gasteiger partial charge in [0, 0.05) is 38.3 Å². The number of aromatic nitrogens is 2. The highest BCUT2D eigenvalue weighted by Crippen LogP contribution is 2.15. The minimum absolute atomic E-state index is 0.0868. The lowest BCUT2D eigenvalue weighted by molar-refractivity contribution is -0.119. The SMILES string of the molecule is CC(=O)NCc1cnn(-c2ccccc2C(=O)NCCN2CCCCC2)c1. The number of rotatable bonds is 7. The molecular weight excluding hydrogens is 342 g/mol. The number of amides is 2. The van der Waals surface area contributed by atoms with Gasteiger partial charge in [0.05, 0.1) is 17.4 Å². The van der Waals surface area contributed by atoms with Crippen LogP contribution in [0.25, 0.3) is 5.69 Å². The molecule has 0 aliphatic carbocycles. The van der Waals surface area contributed by atoms with Crippen molar-refractivity contribution in [3.8, 4) is 5.69 Å². The number of hydrogen-bond donors (Lipinski definition) is 2. The fourth-order valence-electron chi connectivity index (χ4n) is 3.28. The fraction of sp³-hybridized carbons (Fsp3) is 0.450. The summed E-state index contributed by atoms with van der Waals surface area (Å²) in [4.78, 5) is 26.1. The Labute approximate surface area is 159 Å². The van der Waals surface area contributed by atoms with E-state index in [9.17, 15) is 9.59 Å². The van der Waals surface area contributed by atoms with Gasteiger partial charge in [-0.1, -0.05) is 18.6 Å². The van der Waals surface area contributed by atoms with Gasteiger partial charge in [-0.15, -0.1) is 0 Å². The Kier molecular flexibility index (Phi) is 6.59. The molecule has 7 nitrogen and oxygen atoms in total. The van der Waals surface area contributed by atoms with Crippen molar-refractivity contribution >= 4 is 11.8 Å². The second-order valence-corrected chi connectivity index (χ2v) is 6.88. The summed E-state index contributed by atoms with van der Waals surface area (Å²) < 4.78 is 1.68. The number of carbonyl (C=O) groups excluding carboxylic acids is 2. The molecular formula is C20H27N5O2. The van der Waals surface area contributed by atoms with Gasteiger partial charge in [0.1, 0.15) is 0 Å². The summed E-state index contributed by atoms with van der Waals surface area (Å²) in [6.07, 6.45) is 7.33. The summed E-state index contributed by atoms with van der Waals surface area (Å²) in [5, 5.41) is 10.1. The Balaban J connectivity index is 1.62. The number of benzene rings is 1. The lowest BCUT2D eigenvalue weighted by Gasteiger charge is -2.26. The lowest BCUT2D eigenvalue weighted by atomic mass is 10.1. The van der Waals surface area contributed by atoms with Crippen LogP contribution >= 0.6 is 0 Å². The summed E-state index contributed by atoms with van der Waals surface area (Å²) in [5.74, 6) is -0.183. The second-order valence-electron chi connectivity index (χ2n) is 6.88. The summed E-state index contributed by atoms with van der Waals surface area (Å²) in [5.41, 5.74) is 2.19. The van der Waals surface area contributed by atoms with E-state index in [-0.39, 0.29) is 11.8 Å². The molecule has 3 rings (SSSR count). The van der Waals surface area contributed by atoms with E-state index in [1.807, 2.05) is 24.4 Å². The number of carbonyl (C=O) groups is 2. The first-order valence-corrected chi connectivity index (χ1v) is 9.51. The van der Waals surface area contributed by atoms with Gasteiger partial charge < -0.3 is 15.5 Å². The van der Waals surface area contributed by atoms with Crippen LogP contribution in [0.1, 0.15) is 42.1 Å². The number of hydrogen-bond acceptors (Lipinski definition) is 4. The van der Waals surface area contributed by atoms with Crippen molar-refractivity contribution in [1.82, 2.24) is 25.3 Å². The molecule has 27 heavy (non-hydrogen) atoms. The predicted molar refractivity (Wildman–Crippen MR) is 104 cm³/mol. The van der Waals surface area contributed by atoms with E-state index < -0.39 is 0 Å². The molecule has 1 aromatic heterocycles. The van der Waals surface area contributed by atoms with Crippen LogP contribution in [0.2, 0.25) is 0 Å². The van der Waals surface area contributed by atoms with Crippen LogP contribution in [0.3, 0.4) is 0 Å². The second kappa shape index (κ2) is 9.32. The highest BCUT2D eigenvalue weighted by Gasteiger charge is 2.14. The molecule has 1 saturated heterocycles. The number of piperidine rings is 1. The Morgan fingerprint density at radius 2 is 1.89 bits per heavy atom. The van der Waals surface area contributed by atoms with Gasteiger partial charge in [0.2, 0.25) is 5.91 Å². The Morgan fingerprint density at radius 1 is 1.11 bits per heavy atom. The molecule has 0 saturated carbocycles. The average Bonchev–Trinajstić information content (AvgIpc) is 3.16. The minimum atomic E-state index is -0.0958. The average molecular weight is 369 g/mol. The largest absolute Gasteiger partial charge is 0.352 e. The molecule has 1 aliphatic heterocycles. The molecule has 1 fully saturated rings. The quantitative estimate of drug-likeness (QED) is 0.779. The molecule has 0 bridgehead atoms. The Bertz CT molecular complexity index is 780. The first-order valence-electron chi connectivity index (χ1n) is 9.51. The van der Waals surface area contributed by atoms with Crippen molar-refractivity contribution in [1.29, 1.82) is 0 Å². The maximum Gasteiger partial charge on any atom is 0.253 e. The van der Waals surface area contributed by atoms with E-state index in [2.05, 4.69) is 20.6 Å². The third-order valence-corrected chi connectivity index (χ3v) is 4.74. The molecule has 0 radical (unpaired) electrons. The molecule has 0 spiro atoms. The van der Waals surface area contributed by atoms with Crippen molar-refractivity contribution in [3.05, 3.63) is 47.8 Å². The van der Waals surface area contributed by atoms with Gasteiger partial charge in [-0.25, -0.2) is 4.68 Å². The van der Waals surface area contributed by atoms with Crippen molar-refractivity contribution in [2.45, 2.75) is 32.7 Å². The molecule has 7 heteroatoms. The van der Waals surface area contributed by atoms with E-state index in [0.717, 1.165) is 30.9 Å². The number of likely N-dealkylation sites (tertiary alicyclic amines) is 1. The zero-order valence-electron chi connectivity index (χ0n) is 15.8. The normalized spacial score (nSPS) is 14.7. The molecule has 2 heterocycles. The van der Waals surface area contributed by atoms with Crippen LogP contribution in [0, 0.1) is 0 Å². The Morgan fingerprint density at radius 3 is 2.67 bits per heavy atom. The molecule has 1 aromatic carbocycles. The number of nitrogens with one attached hydrogen (secondary N) is 2. The van der Waals surface area contributed by atoms with Crippen LogP contribution in [0.4, 0.5) is 0 Å². The van der Waals surface area contributed by atoms with E-state index in [4.69, 9.17) is 0 Å². The van der Waals surface area contributed by atoms with Gasteiger partial charge in [-0.2, -0.15) is 5.10 Å². The zero-order valence-corrected chi connectivity index (χ0v) is 15.8. The smallest absolute Gasteiger partial charge is 0.253 e. The number of para-hydroxylation sites is 1. The van der Waals surface area contributed by atoms with Crippen LogP contribution in [-0.2, 0) is 11.3 Å². The molecule has 0 atom stereocenters. The zero-order chi connectivity index (χ0) is 19.1. The topological polar surface area (TPSA) is 79.3 Å². The lowest BCUT2D eigenvalue weighted by Crippen LogP contribution is -2.37. The monoisotopic (exact) mass is 369 g/mol. The maximum absolute atomic E-state index is 12.7. The molecule has 2 N–H and O–H groups in total. The van der Waals surface area contributed by atoms with Crippen LogP contribution in [-0.4, -0.2) is 52.7 Å². The third-order valence-electron chi connectivity index (χ3n) is 4.74. The maximum atomic E-state index is 12.7. The third kappa shape index (κ3) is 5.40. The van der Waals surface area contributed by atoms with Crippen molar-refractivity contribution in [2.75, 3.05) is 26.2 Å². The van der Waals surface area contributed by atoms with E-state index in [1.165, 1.54) is 26.2 Å². The molecule has 0 unspecified atom stereocenters. The van der Waals surface area contributed by atoms with E-state index in [0.29, 0.717) is 18.7 Å². The van der Waals surface area contributed by atoms with E-state index >= 15 is 0 Å². The Hall–Kier alpha value is -2.67. The first-order chi connectivity index (χ1) is 13.1. The fourth-order valence-corrected chi connectivity index (χ4v) is 3.28. The minimum Gasteiger partial charge on any atom is -0.352 e. The first kappa shape index (κ1) is 19.1. The molecule has 1 aliphatic rings. The highest BCUT2D eigenvalue weighted by molar-refractivity contribution is 5.97. The standard InChI is InChI=1S/C20H27N5O2/c1-16(26)22-13-17-14-23-25(15-17)19-8-4-3-7-18(19)20(27)21-9-12-24-10-5-2-6-11-24/h3-4,7-8,14-15H,2,5-6,9-13H2,1H3,(H,21,27)(H,22,26). The summed E-state index contributed by atoms with van der Waals surface area (Å²) in [6.45, 7) is 5.66. The van der Waals surface area contributed by atoms with Gasteiger partial charge in [-0.05, 0) is 38.1 Å². The predicted octanol–water partition coefficient (Wildman–Crippen LogP) is 1.72. The van der Waals surface area contributed by atoms with Gasteiger partial charge in [0.25, 0.3) is 5.91 Å². The van der Waals surface area contributed by atoms with Crippen LogP contribution < -0.4 is 10.6 Å². The van der Waals surface area contributed by atoms with Crippen molar-refractivity contribution in [3.63, 3.8) is 0 Å². The van der Waals surface area contributed by atoms with Crippen LogP contribution in [0.15, 0.2) is 36.7 Å². The van der Waals surface area contributed by atoms with E-state index in [1.54, 1.807) is 16.9 Å². The summed E-state index contributed by atoms with van der Waals surface area (Å²) in [6, 6.07) is 7.41. The molecule has 2 amide bonds. The highest BCUT2D eigenvalue weighted by atomic mass is 16.2. The molecule has 2 aromatic rings. The van der Waals surface area contributed by atoms with Crippen LogP contribution in [0.5, 0.6) is 0 Å². The molecule has 144 valence electrons. The van der Waals surface area contributed by atoms with Crippen molar-refractivity contribution < 1.29 is 9.59 Å². The van der Waals surface area contributed by atoms with Crippen molar-refractivity contribution in [2.24, 2.45) is 0 Å². The van der Waals surface area contributed by atoms with Gasteiger partial charge in [-0.3, -0.25) is 9.59 Å². The number of nitrogens with zero attached hydrogens (tertiary/aromatic N) is 3. The summed E-state index contributed by atoms with van der Waals surface area (Å²) in [7, 11) is 0.